The second kappa shape index (κ2) is 6.43. The number of carboxylic acid groups (broad SMARTS) is 1. The number of fused-ring (bicyclic) bond motifs is 1. The summed E-state index contributed by atoms with van der Waals surface area (Å²) in [7, 11) is 0. The largest absolute Gasteiger partial charge is 0.481 e. The molecule has 2 unspecified atom stereocenters. The number of benzene rings is 1. The maximum absolute atomic E-state index is 11.9. The molecule has 0 spiro atoms. The highest BCUT2D eigenvalue weighted by atomic mass is 16.4. The van der Waals surface area contributed by atoms with Crippen molar-refractivity contribution >= 4 is 22.8 Å². The van der Waals surface area contributed by atoms with Crippen LogP contribution in [0.3, 0.4) is 0 Å². The number of carbonyl (C=O) groups is 2. The van der Waals surface area contributed by atoms with Crippen molar-refractivity contribution in [3.63, 3.8) is 0 Å². The van der Waals surface area contributed by atoms with Crippen LogP contribution >= 0.6 is 0 Å². The molecular formula is C16H19NO4. The van der Waals surface area contributed by atoms with E-state index in [4.69, 9.17) is 9.52 Å². The summed E-state index contributed by atoms with van der Waals surface area (Å²) in [5.41, 5.74) is 0.785. The molecule has 1 aromatic carbocycles. The molecule has 0 aliphatic heterocycles. The number of aliphatic carboxylic acids is 1. The third kappa shape index (κ3) is 4.08. The molecule has 0 bridgehead atoms. The van der Waals surface area contributed by atoms with Gasteiger partial charge in [-0.1, -0.05) is 25.1 Å². The first kappa shape index (κ1) is 15.1. The highest BCUT2D eigenvalue weighted by Gasteiger charge is 2.17. The average Bonchev–Trinajstić information content (AvgIpc) is 2.80. The molecule has 0 fully saturated rings. The van der Waals surface area contributed by atoms with E-state index in [1.165, 1.54) is 0 Å². The van der Waals surface area contributed by atoms with Crippen LogP contribution in [0, 0.1) is 5.92 Å². The molecule has 0 aliphatic rings. The number of hydrogen-bond acceptors (Lipinski definition) is 3. The SMILES string of the molecule is CC(CC(=O)O)CC(=O)NC(C)c1cc2ccccc2o1. The summed E-state index contributed by atoms with van der Waals surface area (Å²) in [6.45, 7) is 3.59. The third-order valence-corrected chi connectivity index (χ3v) is 3.31. The standard InChI is InChI=1S/C16H19NO4/c1-10(8-16(19)20)7-15(18)17-11(2)14-9-12-5-3-4-6-13(12)21-14/h3-6,9-11H,7-8H2,1-2H3,(H,17,18)(H,19,20). The van der Waals surface area contributed by atoms with Gasteiger partial charge in [-0.05, 0) is 25.0 Å². The molecule has 5 heteroatoms. The van der Waals surface area contributed by atoms with Gasteiger partial charge in [0.15, 0.2) is 0 Å². The van der Waals surface area contributed by atoms with Gasteiger partial charge in [0.1, 0.15) is 11.3 Å². The van der Waals surface area contributed by atoms with Crippen molar-refractivity contribution in [3.8, 4) is 0 Å². The van der Waals surface area contributed by atoms with Crippen LogP contribution < -0.4 is 5.32 Å². The zero-order chi connectivity index (χ0) is 15.4. The maximum Gasteiger partial charge on any atom is 0.303 e. The molecule has 2 atom stereocenters. The first-order chi connectivity index (χ1) is 9.95. The first-order valence-corrected chi connectivity index (χ1v) is 6.95. The van der Waals surface area contributed by atoms with Gasteiger partial charge < -0.3 is 14.8 Å². The summed E-state index contributed by atoms with van der Waals surface area (Å²) in [4.78, 5) is 22.5. The van der Waals surface area contributed by atoms with Gasteiger partial charge in [-0.15, -0.1) is 0 Å². The number of carbonyl (C=O) groups excluding carboxylic acids is 1. The van der Waals surface area contributed by atoms with Crippen LogP contribution in [0.15, 0.2) is 34.7 Å². The topological polar surface area (TPSA) is 79.5 Å². The summed E-state index contributed by atoms with van der Waals surface area (Å²) in [5, 5.41) is 12.5. The number of rotatable bonds is 6. The lowest BCUT2D eigenvalue weighted by Gasteiger charge is -2.13. The fourth-order valence-corrected chi connectivity index (χ4v) is 2.27. The van der Waals surface area contributed by atoms with Crippen LogP contribution in [-0.4, -0.2) is 17.0 Å². The molecule has 0 saturated carbocycles. The Morgan fingerprint density at radius 3 is 2.62 bits per heavy atom. The van der Waals surface area contributed by atoms with E-state index in [1.54, 1.807) is 6.92 Å². The predicted molar refractivity (Wildman–Crippen MR) is 78.8 cm³/mol. The van der Waals surface area contributed by atoms with E-state index in [1.807, 2.05) is 37.3 Å². The molecule has 1 aromatic heterocycles. The van der Waals surface area contributed by atoms with E-state index in [2.05, 4.69) is 5.32 Å². The minimum atomic E-state index is -0.888. The molecule has 0 aliphatic carbocycles. The van der Waals surface area contributed by atoms with E-state index in [-0.39, 0.29) is 30.7 Å². The van der Waals surface area contributed by atoms with Crippen molar-refractivity contribution in [2.24, 2.45) is 5.92 Å². The smallest absolute Gasteiger partial charge is 0.303 e. The van der Waals surface area contributed by atoms with Crippen LogP contribution in [-0.2, 0) is 9.59 Å². The monoisotopic (exact) mass is 289 g/mol. The Morgan fingerprint density at radius 1 is 1.24 bits per heavy atom. The molecule has 5 nitrogen and oxygen atoms in total. The number of para-hydroxylation sites is 1. The normalized spacial score (nSPS) is 13.8. The van der Waals surface area contributed by atoms with Crippen LogP contribution in [0.2, 0.25) is 0 Å². The number of furan rings is 1. The number of carboxylic acids is 1. The lowest BCUT2D eigenvalue weighted by molar-refractivity contribution is -0.138. The van der Waals surface area contributed by atoms with Crippen LogP contribution in [0.25, 0.3) is 11.0 Å². The van der Waals surface area contributed by atoms with Gasteiger partial charge in [0.05, 0.1) is 6.04 Å². The summed E-state index contributed by atoms with van der Waals surface area (Å²) in [6, 6.07) is 9.31. The Bertz CT molecular complexity index is 614. The zero-order valence-electron chi connectivity index (χ0n) is 12.1. The van der Waals surface area contributed by atoms with Gasteiger partial charge in [0.2, 0.25) is 5.91 Å². The second-order valence-electron chi connectivity index (χ2n) is 5.38. The molecule has 0 saturated heterocycles. The lowest BCUT2D eigenvalue weighted by atomic mass is 10.0. The van der Waals surface area contributed by atoms with Crippen molar-refractivity contribution in [1.82, 2.24) is 5.32 Å². The molecule has 2 rings (SSSR count). The van der Waals surface area contributed by atoms with Gasteiger partial charge in [-0.25, -0.2) is 0 Å². The second-order valence-corrected chi connectivity index (χ2v) is 5.38. The highest BCUT2D eigenvalue weighted by molar-refractivity contribution is 5.79. The van der Waals surface area contributed by atoms with E-state index < -0.39 is 5.97 Å². The quantitative estimate of drug-likeness (QED) is 0.856. The molecule has 21 heavy (non-hydrogen) atoms. The minimum absolute atomic E-state index is 0.00750. The number of amides is 1. The molecule has 1 amide bonds. The fourth-order valence-electron chi connectivity index (χ4n) is 2.27. The van der Waals surface area contributed by atoms with Gasteiger partial charge >= 0.3 is 5.97 Å². The molecule has 1 heterocycles. The minimum Gasteiger partial charge on any atom is -0.481 e. The summed E-state index contributed by atoms with van der Waals surface area (Å²) in [5.74, 6) is -0.557. The van der Waals surface area contributed by atoms with Crippen molar-refractivity contribution in [3.05, 3.63) is 36.1 Å². The summed E-state index contributed by atoms with van der Waals surface area (Å²) in [6.07, 6.45) is 0.184. The van der Waals surface area contributed by atoms with Crippen LogP contribution in [0.5, 0.6) is 0 Å². The Kier molecular flexibility index (Phi) is 4.62. The summed E-state index contributed by atoms with van der Waals surface area (Å²) < 4.78 is 5.69. The molecule has 0 radical (unpaired) electrons. The molecule has 2 N–H and O–H groups in total. The first-order valence-electron chi connectivity index (χ1n) is 6.95. The fraction of sp³-hybridized carbons (Fsp3) is 0.375. The van der Waals surface area contributed by atoms with E-state index in [0.717, 1.165) is 11.0 Å². The maximum atomic E-state index is 11.9. The third-order valence-electron chi connectivity index (χ3n) is 3.31. The average molecular weight is 289 g/mol. The Labute approximate surface area is 122 Å². The van der Waals surface area contributed by atoms with E-state index in [9.17, 15) is 9.59 Å². The van der Waals surface area contributed by atoms with Gasteiger partial charge in [0, 0.05) is 18.2 Å². The number of hydrogen-bond donors (Lipinski definition) is 2. The number of nitrogens with one attached hydrogen (secondary N) is 1. The Balaban J connectivity index is 1.95. The van der Waals surface area contributed by atoms with Crippen LogP contribution in [0.4, 0.5) is 0 Å². The van der Waals surface area contributed by atoms with Crippen molar-refractivity contribution in [2.75, 3.05) is 0 Å². The molecular weight excluding hydrogens is 270 g/mol. The molecule has 112 valence electrons. The van der Waals surface area contributed by atoms with Gasteiger partial charge in [-0.3, -0.25) is 9.59 Å². The van der Waals surface area contributed by atoms with E-state index >= 15 is 0 Å². The van der Waals surface area contributed by atoms with Crippen molar-refractivity contribution in [2.45, 2.75) is 32.7 Å². The lowest BCUT2D eigenvalue weighted by Crippen LogP contribution is -2.28. The van der Waals surface area contributed by atoms with Gasteiger partial charge in [-0.2, -0.15) is 0 Å². The van der Waals surface area contributed by atoms with Crippen molar-refractivity contribution < 1.29 is 19.1 Å². The van der Waals surface area contributed by atoms with Gasteiger partial charge in [0.25, 0.3) is 0 Å². The summed E-state index contributed by atoms with van der Waals surface area (Å²) >= 11 is 0. The Hall–Kier alpha value is -2.30. The highest BCUT2D eigenvalue weighted by Crippen LogP contribution is 2.23. The zero-order valence-corrected chi connectivity index (χ0v) is 12.1. The van der Waals surface area contributed by atoms with E-state index in [0.29, 0.717) is 5.76 Å². The van der Waals surface area contributed by atoms with Crippen molar-refractivity contribution in [1.29, 1.82) is 0 Å². The molecule has 2 aromatic rings. The van der Waals surface area contributed by atoms with Crippen LogP contribution in [0.1, 0.15) is 38.5 Å². The Morgan fingerprint density at radius 2 is 1.95 bits per heavy atom. The predicted octanol–water partition coefficient (Wildman–Crippen LogP) is 3.11.